The maximum Gasteiger partial charge on any atom is 0.264 e. The molecule has 0 radical (unpaired) electrons. The molecule has 0 saturated heterocycles. The lowest BCUT2D eigenvalue weighted by atomic mass is 10.5. The van der Waals surface area contributed by atoms with Crippen molar-refractivity contribution in [3.8, 4) is 0 Å². The molecule has 0 unspecified atom stereocenters. The Morgan fingerprint density at radius 3 is 2.30 bits per heavy atom. The van der Waals surface area contributed by atoms with Crippen molar-refractivity contribution in [2.45, 2.75) is 12.8 Å². The predicted octanol–water partition coefficient (Wildman–Crippen LogP) is 0.618. The van der Waals surface area contributed by atoms with Gasteiger partial charge in [0.2, 0.25) is 6.43 Å². The molecule has 3 nitrogen and oxygen atoms in total. The first-order valence-electron chi connectivity index (χ1n) is 2.54. The van der Waals surface area contributed by atoms with Crippen LogP contribution in [-0.2, 0) is 14.3 Å². The lowest BCUT2D eigenvalue weighted by molar-refractivity contribution is 0.116. The monoisotopic (exact) mass is 174 g/mol. The van der Waals surface area contributed by atoms with E-state index >= 15 is 0 Å². The summed E-state index contributed by atoms with van der Waals surface area (Å²) in [4.78, 5) is 0. The Morgan fingerprint density at radius 1 is 1.50 bits per heavy atom. The normalized spacial score (nSPS) is 12.4. The highest BCUT2D eigenvalue weighted by Crippen LogP contribution is 1.99. The summed E-state index contributed by atoms with van der Waals surface area (Å²) in [5.74, 6) is 0. The van der Waals surface area contributed by atoms with E-state index in [1.54, 1.807) is 0 Å². The number of hydrogen-bond donors (Lipinski definition) is 0. The van der Waals surface area contributed by atoms with E-state index in [1.165, 1.54) is 0 Å². The lowest BCUT2D eigenvalue weighted by Gasteiger charge is -1.98. The van der Waals surface area contributed by atoms with E-state index in [0.717, 1.165) is 6.26 Å². The Morgan fingerprint density at radius 2 is 2.00 bits per heavy atom. The van der Waals surface area contributed by atoms with Gasteiger partial charge in [0.15, 0.2) is 0 Å². The summed E-state index contributed by atoms with van der Waals surface area (Å²) in [5, 5.41) is 0. The summed E-state index contributed by atoms with van der Waals surface area (Å²) in [6, 6.07) is 0. The second kappa shape index (κ2) is 3.82. The Labute approximate surface area is 58.1 Å². The molecule has 0 rings (SSSR count). The maximum atomic E-state index is 11.3. The highest BCUT2D eigenvalue weighted by atomic mass is 32.2. The SMILES string of the molecule is CS(=O)(=O)OCCC(F)F. The first-order valence-corrected chi connectivity index (χ1v) is 4.36. The van der Waals surface area contributed by atoms with Gasteiger partial charge in [0.1, 0.15) is 0 Å². The van der Waals surface area contributed by atoms with E-state index in [2.05, 4.69) is 4.18 Å². The van der Waals surface area contributed by atoms with Crippen LogP contribution in [-0.4, -0.2) is 27.7 Å². The van der Waals surface area contributed by atoms with Gasteiger partial charge in [-0.15, -0.1) is 0 Å². The average molecular weight is 174 g/mol. The second-order valence-electron chi connectivity index (χ2n) is 1.71. The molecule has 0 aromatic heterocycles. The molecular weight excluding hydrogens is 166 g/mol. The van der Waals surface area contributed by atoms with Crippen molar-refractivity contribution in [3.63, 3.8) is 0 Å². The Hall–Kier alpha value is -0.230. The molecule has 62 valence electrons. The molecule has 0 fully saturated rings. The third kappa shape index (κ3) is 7.77. The molecule has 0 spiro atoms. The van der Waals surface area contributed by atoms with Crippen molar-refractivity contribution in [2.24, 2.45) is 0 Å². The summed E-state index contributed by atoms with van der Waals surface area (Å²) in [6.07, 6.45) is -2.24. The van der Waals surface area contributed by atoms with Gasteiger partial charge in [0.25, 0.3) is 10.1 Å². The van der Waals surface area contributed by atoms with Crippen LogP contribution in [0.5, 0.6) is 0 Å². The fourth-order valence-electron chi connectivity index (χ4n) is 0.289. The zero-order chi connectivity index (χ0) is 8.20. The smallest absolute Gasteiger partial charge is 0.264 e. The van der Waals surface area contributed by atoms with Gasteiger partial charge in [0, 0.05) is 6.42 Å². The zero-order valence-corrected chi connectivity index (χ0v) is 6.20. The molecule has 0 aliphatic carbocycles. The Bertz CT molecular complexity index is 175. The quantitative estimate of drug-likeness (QED) is 0.587. The summed E-state index contributed by atoms with van der Waals surface area (Å²) < 4.78 is 47.0. The van der Waals surface area contributed by atoms with Crippen LogP contribution in [0, 0.1) is 0 Å². The molecule has 0 aliphatic rings. The van der Waals surface area contributed by atoms with E-state index in [0.29, 0.717) is 0 Å². The first kappa shape index (κ1) is 9.77. The van der Waals surface area contributed by atoms with Gasteiger partial charge in [-0.3, -0.25) is 4.18 Å². The molecule has 0 aromatic rings. The fraction of sp³-hybridized carbons (Fsp3) is 1.00. The summed E-state index contributed by atoms with van der Waals surface area (Å²) in [6.45, 7) is -0.448. The summed E-state index contributed by atoms with van der Waals surface area (Å²) in [5.41, 5.74) is 0. The van der Waals surface area contributed by atoms with Crippen LogP contribution in [0.1, 0.15) is 6.42 Å². The van der Waals surface area contributed by atoms with Gasteiger partial charge < -0.3 is 0 Å². The van der Waals surface area contributed by atoms with Crippen LogP contribution in [0.15, 0.2) is 0 Å². The van der Waals surface area contributed by atoms with Crippen LogP contribution in [0.3, 0.4) is 0 Å². The van der Waals surface area contributed by atoms with Crippen molar-refractivity contribution >= 4 is 10.1 Å². The minimum atomic E-state index is -3.55. The number of rotatable bonds is 4. The molecule has 0 bridgehead atoms. The van der Waals surface area contributed by atoms with Gasteiger partial charge in [-0.25, -0.2) is 8.78 Å². The predicted molar refractivity (Wildman–Crippen MR) is 31.4 cm³/mol. The minimum absolute atomic E-state index is 0.448. The van der Waals surface area contributed by atoms with Crippen LogP contribution in [0.4, 0.5) is 8.78 Å². The molecule has 0 N–H and O–H groups in total. The number of alkyl halides is 2. The van der Waals surface area contributed by atoms with Crippen molar-refractivity contribution in [2.75, 3.05) is 12.9 Å². The molecule has 6 heteroatoms. The van der Waals surface area contributed by atoms with Crippen molar-refractivity contribution < 1.29 is 21.4 Å². The van der Waals surface area contributed by atoms with Crippen molar-refractivity contribution in [1.29, 1.82) is 0 Å². The summed E-state index contributed by atoms with van der Waals surface area (Å²) >= 11 is 0. The van der Waals surface area contributed by atoms with Gasteiger partial charge in [-0.2, -0.15) is 8.42 Å². The second-order valence-corrected chi connectivity index (χ2v) is 3.35. The van der Waals surface area contributed by atoms with Crippen molar-refractivity contribution in [1.82, 2.24) is 0 Å². The third-order valence-corrected chi connectivity index (χ3v) is 1.23. The topological polar surface area (TPSA) is 43.4 Å². The van der Waals surface area contributed by atoms with Gasteiger partial charge in [-0.1, -0.05) is 0 Å². The molecule has 0 heterocycles. The lowest BCUT2D eigenvalue weighted by Crippen LogP contribution is -2.06. The Kier molecular flexibility index (Phi) is 3.73. The van der Waals surface area contributed by atoms with Gasteiger partial charge in [-0.05, 0) is 0 Å². The maximum absolute atomic E-state index is 11.3. The molecule has 0 aliphatic heterocycles. The molecule has 0 atom stereocenters. The number of hydrogen-bond acceptors (Lipinski definition) is 3. The van der Waals surface area contributed by atoms with Crippen LogP contribution >= 0.6 is 0 Å². The van der Waals surface area contributed by atoms with Crippen LogP contribution in [0.2, 0.25) is 0 Å². The zero-order valence-electron chi connectivity index (χ0n) is 5.38. The summed E-state index contributed by atoms with van der Waals surface area (Å²) in [7, 11) is -3.55. The largest absolute Gasteiger partial charge is 0.270 e. The van der Waals surface area contributed by atoms with Crippen LogP contribution in [0.25, 0.3) is 0 Å². The molecule has 0 saturated carbocycles. The highest BCUT2D eigenvalue weighted by Gasteiger charge is 2.05. The van der Waals surface area contributed by atoms with Gasteiger partial charge in [0.05, 0.1) is 12.9 Å². The fourth-order valence-corrected chi connectivity index (χ4v) is 0.688. The minimum Gasteiger partial charge on any atom is -0.270 e. The molecule has 0 aromatic carbocycles. The number of halogens is 2. The van der Waals surface area contributed by atoms with E-state index in [1.807, 2.05) is 0 Å². The standard InChI is InChI=1S/C4H8F2O3S/c1-10(7,8)9-3-2-4(5)6/h4H,2-3H2,1H3. The van der Waals surface area contributed by atoms with Crippen molar-refractivity contribution in [3.05, 3.63) is 0 Å². The molecule has 10 heavy (non-hydrogen) atoms. The van der Waals surface area contributed by atoms with E-state index < -0.39 is 29.6 Å². The van der Waals surface area contributed by atoms with E-state index in [9.17, 15) is 17.2 Å². The third-order valence-electron chi connectivity index (χ3n) is 0.633. The highest BCUT2D eigenvalue weighted by molar-refractivity contribution is 7.85. The molecule has 0 amide bonds. The van der Waals surface area contributed by atoms with E-state index in [4.69, 9.17) is 0 Å². The average Bonchev–Trinajstić information content (AvgIpc) is 1.59. The molecular formula is C4H8F2O3S. The Balaban J connectivity index is 3.39. The van der Waals surface area contributed by atoms with Crippen LogP contribution < -0.4 is 0 Å². The van der Waals surface area contributed by atoms with Gasteiger partial charge >= 0.3 is 0 Å². The van der Waals surface area contributed by atoms with E-state index in [-0.39, 0.29) is 0 Å². The first-order chi connectivity index (χ1) is 4.42.